The zero-order valence-electron chi connectivity index (χ0n) is 17.5. The molecule has 0 amide bonds. The Morgan fingerprint density at radius 3 is 2.40 bits per heavy atom. The van der Waals surface area contributed by atoms with Crippen LogP contribution in [0.25, 0.3) is 4.96 Å². The molecule has 0 saturated heterocycles. The maximum atomic E-state index is 11.9. The lowest BCUT2D eigenvalue weighted by Gasteiger charge is -2.18. The monoisotopic (exact) mass is 420 g/mol. The Bertz CT molecular complexity index is 1220. The van der Waals surface area contributed by atoms with Gasteiger partial charge in [-0.3, -0.25) is 4.79 Å². The Morgan fingerprint density at radius 2 is 1.73 bits per heavy atom. The van der Waals surface area contributed by atoms with Gasteiger partial charge in [0.1, 0.15) is 12.4 Å². The second kappa shape index (κ2) is 8.28. The third-order valence-electron chi connectivity index (χ3n) is 4.93. The second-order valence-corrected chi connectivity index (χ2v) is 8.49. The summed E-state index contributed by atoms with van der Waals surface area (Å²) < 4.78 is 7.46. The number of aromatic nitrogens is 3. The zero-order valence-corrected chi connectivity index (χ0v) is 18.4. The molecule has 4 aromatic rings. The quantitative estimate of drug-likeness (QED) is 0.466. The molecule has 0 atom stereocenters. The van der Waals surface area contributed by atoms with Gasteiger partial charge in [-0.25, -0.2) is 4.98 Å². The molecule has 2 aromatic heterocycles. The summed E-state index contributed by atoms with van der Waals surface area (Å²) in [5, 5.41) is 5.15. The Kier molecular flexibility index (Phi) is 5.55. The maximum Gasteiger partial charge on any atom is 0.275 e. The molecular weight excluding hydrogens is 396 g/mol. The Labute approximate surface area is 179 Å². The van der Waals surface area contributed by atoms with Crippen LogP contribution < -0.4 is 15.2 Å². The molecule has 0 N–H and O–H groups in total. The van der Waals surface area contributed by atoms with Crippen LogP contribution in [-0.4, -0.2) is 21.6 Å². The molecule has 2 heterocycles. The fourth-order valence-corrected chi connectivity index (χ4v) is 4.27. The van der Waals surface area contributed by atoms with Crippen LogP contribution >= 0.6 is 11.3 Å². The van der Waals surface area contributed by atoms with Crippen molar-refractivity contribution in [3.05, 3.63) is 86.8 Å². The van der Waals surface area contributed by atoms with Crippen molar-refractivity contribution in [1.29, 1.82) is 0 Å². The third kappa shape index (κ3) is 4.21. The molecule has 0 bridgehead atoms. The van der Waals surface area contributed by atoms with Crippen molar-refractivity contribution in [2.45, 2.75) is 33.9 Å². The lowest BCUT2D eigenvalue weighted by atomic mass is 10.1. The lowest BCUT2D eigenvalue weighted by Crippen LogP contribution is -2.18. The lowest BCUT2D eigenvalue weighted by molar-refractivity contribution is 0.302. The number of aryl methyl sites for hydroxylation is 3. The minimum Gasteiger partial charge on any atom is -0.488 e. The van der Waals surface area contributed by atoms with E-state index in [0.29, 0.717) is 18.1 Å². The van der Waals surface area contributed by atoms with Gasteiger partial charge in [-0.15, -0.1) is 5.10 Å². The van der Waals surface area contributed by atoms with Crippen molar-refractivity contribution in [3.63, 3.8) is 0 Å². The van der Waals surface area contributed by atoms with Gasteiger partial charge in [0.15, 0.2) is 0 Å². The molecule has 6 nitrogen and oxygen atoms in total. The molecule has 0 spiro atoms. The molecule has 4 rings (SSSR count). The van der Waals surface area contributed by atoms with Gasteiger partial charge in [-0.05, 0) is 43.0 Å². The summed E-state index contributed by atoms with van der Waals surface area (Å²) in [6.45, 7) is 7.45. The Morgan fingerprint density at radius 1 is 1.03 bits per heavy atom. The van der Waals surface area contributed by atoms with E-state index in [4.69, 9.17) is 4.74 Å². The predicted molar refractivity (Wildman–Crippen MR) is 121 cm³/mol. The van der Waals surface area contributed by atoms with Gasteiger partial charge in [-0.1, -0.05) is 53.3 Å². The fourth-order valence-electron chi connectivity index (χ4n) is 3.43. The van der Waals surface area contributed by atoms with Gasteiger partial charge in [0.2, 0.25) is 10.1 Å². The van der Waals surface area contributed by atoms with E-state index >= 15 is 0 Å². The highest BCUT2D eigenvalue weighted by Gasteiger charge is 2.13. The molecule has 7 heteroatoms. The number of rotatable bonds is 6. The smallest absolute Gasteiger partial charge is 0.275 e. The maximum absolute atomic E-state index is 11.9. The van der Waals surface area contributed by atoms with Gasteiger partial charge in [0.25, 0.3) is 5.56 Å². The van der Waals surface area contributed by atoms with Crippen molar-refractivity contribution in [1.82, 2.24) is 14.6 Å². The van der Waals surface area contributed by atoms with Crippen molar-refractivity contribution in [2.24, 2.45) is 0 Å². The van der Waals surface area contributed by atoms with E-state index in [9.17, 15) is 4.79 Å². The topological polar surface area (TPSA) is 59.7 Å². The van der Waals surface area contributed by atoms with Crippen LogP contribution in [0.3, 0.4) is 0 Å². The second-order valence-electron chi connectivity index (χ2n) is 7.55. The third-order valence-corrected chi connectivity index (χ3v) is 5.97. The summed E-state index contributed by atoms with van der Waals surface area (Å²) in [6.07, 6.45) is 1.52. The summed E-state index contributed by atoms with van der Waals surface area (Å²) in [5.41, 5.74) is 5.60. The average Bonchev–Trinajstić information content (AvgIpc) is 3.15. The highest BCUT2D eigenvalue weighted by atomic mass is 32.1. The van der Waals surface area contributed by atoms with E-state index in [1.54, 1.807) is 0 Å². The highest BCUT2D eigenvalue weighted by Crippen LogP contribution is 2.28. The van der Waals surface area contributed by atoms with Gasteiger partial charge in [-0.2, -0.15) is 4.52 Å². The SMILES string of the molecule is Cc1ccc(COc2c(C)cc(CN(C)c3nn4c(=O)ccnc4s3)cc2C)cc1. The minimum absolute atomic E-state index is 0.169. The van der Waals surface area contributed by atoms with Crippen molar-refractivity contribution in [3.8, 4) is 5.75 Å². The van der Waals surface area contributed by atoms with Crippen LogP contribution in [0, 0.1) is 20.8 Å². The molecule has 0 aliphatic heterocycles. The first-order valence-corrected chi connectivity index (χ1v) is 10.6. The molecule has 0 unspecified atom stereocenters. The molecule has 0 aliphatic carbocycles. The number of nitrogens with zero attached hydrogens (tertiary/aromatic N) is 4. The first-order chi connectivity index (χ1) is 14.4. The molecule has 0 aliphatic rings. The van der Waals surface area contributed by atoms with E-state index < -0.39 is 0 Å². The van der Waals surface area contributed by atoms with Crippen molar-refractivity contribution < 1.29 is 4.74 Å². The van der Waals surface area contributed by atoms with Crippen LogP contribution in [-0.2, 0) is 13.2 Å². The van der Waals surface area contributed by atoms with Gasteiger partial charge < -0.3 is 9.64 Å². The Hall–Kier alpha value is -3.19. The van der Waals surface area contributed by atoms with Crippen LogP contribution in [0.2, 0.25) is 0 Å². The van der Waals surface area contributed by atoms with Gasteiger partial charge in [0, 0.05) is 25.9 Å². The minimum atomic E-state index is -0.169. The largest absolute Gasteiger partial charge is 0.488 e. The number of benzene rings is 2. The number of ether oxygens (including phenoxy) is 1. The van der Waals surface area contributed by atoms with Gasteiger partial charge in [0.05, 0.1) is 0 Å². The number of hydrogen-bond acceptors (Lipinski definition) is 6. The van der Waals surface area contributed by atoms with Crippen LogP contribution in [0.1, 0.15) is 27.8 Å². The highest BCUT2D eigenvalue weighted by molar-refractivity contribution is 7.20. The van der Waals surface area contributed by atoms with Crippen LogP contribution in [0.15, 0.2) is 53.5 Å². The first kappa shape index (κ1) is 20.1. The van der Waals surface area contributed by atoms with Crippen LogP contribution in [0.4, 0.5) is 5.13 Å². The predicted octanol–water partition coefficient (Wildman–Crippen LogP) is 4.29. The van der Waals surface area contributed by atoms with E-state index in [1.807, 2.05) is 11.9 Å². The number of anilines is 1. The summed E-state index contributed by atoms with van der Waals surface area (Å²) in [5.74, 6) is 0.928. The average molecular weight is 421 g/mol. The zero-order chi connectivity index (χ0) is 21.3. The van der Waals surface area contributed by atoms with E-state index in [1.165, 1.54) is 33.7 Å². The first-order valence-electron chi connectivity index (χ1n) is 9.75. The molecule has 154 valence electrons. The fraction of sp³-hybridized carbons (Fsp3) is 0.261. The van der Waals surface area contributed by atoms with Crippen LogP contribution in [0.5, 0.6) is 5.75 Å². The van der Waals surface area contributed by atoms with Gasteiger partial charge >= 0.3 is 0 Å². The van der Waals surface area contributed by atoms with Crippen molar-refractivity contribution >= 4 is 21.4 Å². The summed E-state index contributed by atoms with van der Waals surface area (Å²) in [4.78, 5) is 18.8. The molecule has 30 heavy (non-hydrogen) atoms. The standard InChI is InChI=1S/C23H24N4O2S/c1-15-5-7-18(8-6-15)14-29-21-16(2)11-19(12-17(21)3)13-26(4)23-25-27-20(28)9-10-24-22(27)30-23/h5-12H,13-14H2,1-4H3. The Balaban J connectivity index is 1.49. The number of hydrogen-bond donors (Lipinski definition) is 0. The molecule has 0 radical (unpaired) electrons. The molecule has 0 saturated carbocycles. The van der Waals surface area contributed by atoms with E-state index in [2.05, 4.69) is 67.3 Å². The van der Waals surface area contributed by atoms with E-state index in [0.717, 1.165) is 33.1 Å². The summed E-state index contributed by atoms with van der Waals surface area (Å²) in [7, 11) is 1.97. The summed E-state index contributed by atoms with van der Waals surface area (Å²) >= 11 is 1.40. The number of fused-ring (bicyclic) bond motifs is 1. The summed E-state index contributed by atoms with van der Waals surface area (Å²) in [6, 6.07) is 14.1. The normalized spacial score (nSPS) is 11.1. The molecule has 0 fully saturated rings. The van der Waals surface area contributed by atoms with Crippen molar-refractivity contribution in [2.75, 3.05) is 11.9 Å². The van der Waals surface area contributed by atoms with E-state index in [-0.39, 0.29) is 5.56 Å². The molecule has 2 aromatic carbocycles. The molecular formula is C23H24N4O2S.